The first-order valence-electron chi connectivity index (χ1n) is 12.2. The van der Waals surface area contributed by atoms with Gasteiger partial charge in [-0.15, -0.1) is 11.6 Å². The Hall–Kier alpha value is -0.770. The third-order valence-corrected chi connectivity index (χ3v) is 5.66. The average Bonchev–Trinajstić information content (AvgIpc) is 2.72. The minimum absolute atomic E-state index is 0.286. The summed E-state index contributed by atoms with van der Waals surface area (Å²) < 4.78 is 0. The fourth-order valence-corrected chi connectivity index (χ4v) is 3.53. The van der Waals surface area contributed by atoms with Gasteiger partial charge < -0.3 is 0 Å². The fraction of sp³-hybridized carbons (Fsp3) is 0.917. The quantitative estimate of drug-likeness (QED) is 0.0844. The molecule has 0 aliphatic rings. The average molecular weight is 433 g/mol. The Morgan fingerprint density at radius 3 is 1.52 bits per heavy atom. The zero-order chi connectivity index (χ0) is 21.6. The minimum Gasteiger partial charge on any atom is -0.247 e. The lowest BCUT2D eigenvalue weighted by molar-refractivity contribution is -0.258. The van der Waals surface area contributed by atoms with Gasteiger partial charge in [-0.25, -0.2) is 19.4 Å². The van der Waals surface area contributed by atoms with Gasteiger partial charge in [-0.2, -0.15) is 0 Å². The highest BCUT2D eigenvalue weighted by Gasteiger charge is 2.19. The lowest BCUT2D eigenvalue weighted by Crippen LogP contribution is -2.20. The van der Waals surface area contributed by atoms with E-state index < -0.39 is 17.3 Å². The molecule has 29 heavy (non-hydrogen) atoms. The van der Waals surface area contributed by atoms with Crippen LogP contribution in [0.1, 0.15) is 136 Å². The van der Waals surface area contributed by atoms with Gasteiger partial charge in [0.2, 0.25) is 0 Å². The monoisotopic (exact) mass is 432 g/mol. The number of carbonyl (C=O) groups is 2. The summed E-state index contributed by atoms with van der Waals surface area (Å²) in [6.45, 7) is 4.44. The first kappa shape index (κ1) is 28.2. The Morgan fingerprint density at radius 2 is 1.03 bits per heavy atom. The van der Waals surface area contributed by atoms with Crippen LogP contribution in [0.2, 0.25) is 0 Å². The van der Waals surface area contributed by atoms with Crippen molar-refractivity contribution in [1.29, 1.82) is 0 Å². The molecule has 0 rings (SSSR count). The summed E-state index contributed by atoms with van der Waals surface area (Å²) in [5.74, 6) is -1.15. The van der Waals surface area contributed by atoms with Gasteiger partial charge >= 0.3 is 11.9 Å². The van der Waals surface area contributed by atoms with Crippen LogP contribution in [-0.2, 0) is 19.4 Å². The maximum absolute atomic E-state index is 11.8. The lowest BCUT2D eigenvalue weighted by atomic mass is 10.1. The molecule has 1 unspecified atom stereocenters. The summed E-state index contributed by atoms with van der Waals surface area (Å²) in [6.07, 6.45) is 21.1. The highest BCUT2D eigenvalue weighted by Crippen LogP contribution is 2.15. The summed E-state index contributed by atoms with van der Waals surface area (Å²) >= 11 is 6.04. The van der Waals surface area contributed by atoms with E-state index in [1.807, 2.05) is 0 Å². The van der Waals surface area contributed by atoms with Gasteiger partial charge in [-0.05, 0) is 12.8 Å². The molecule has 0 aromatic carbocycles. The first-order valence-corrected chi connectivity index (χ1v) is 12.6. The summed E-state index contributed by atoms with van der Waals surface area (Å²) in [5.41, 5.74) is 0. The van der Waals surface area contributed by atoms with Gasteiger partial charge in [-0.3, -0.25) is 0 Å². The number of halogens is 1. The molecule has 0 saturated carbocycles. The second-order valence-corrected chi connectivity index (χ2v) is 8.69. The SMILES string of the molecule is CCCCCCCCCCCC(=O)OOC(=O)C(Cl)CCCCCCCCCC. The molecule has 172 valence electrons. The van der Waals surface area contributed by atoms with E-state index in [4.69, 9.17) is 11.6 Å². The van der Waals surface area contributed by atoms with Gasteiger partial charge in [0.05, 0.1) is 6.42 Å². The van der Waals surface area contributed by atoms with Gasteiger partial charge in [0, 0.05) is 0 Å². The molecule has 0 N–H and O–H groups in total. The number of rotatable bonds is 20. The number of hydrogen-bond acceptors (Lipinski definition) is 4. The zero-order valence-corrected chi connectivity index (χ0v) is 19.8. The van der Waals surface area contributed by atoms with Crippen LogP contribution < -0.4 is 0 Å². The van der Waals surface area contributed by atoms with Crippen molar-refractivity contribution >= 4 is 23.5 Å². The molecule has 0 aliphatic carbocycles. The Balaban J connectivity index is 3.49. The van der Waals surface area contributed by atoms with Crippen LogP contribution in [0.15, 0.2) is 0 Å². The molecule has 0 bridgehead atoms. The summed E-state index contributed by atoms with van der Waals surface area (Å²) in [6, 6.07) is 0. The van der Waals surface area contributed by atoms with E-state index in [2.05, 4.69) is 23.6 Å². The van der Waals surface area contributed by atoms with Crippen molar-refractivity contribution in [1.82, 2.24) is 0 Å². The first-order chi connectivity index (χ1) is 14.1. The molecule has 0 amide bonds. The second kappa shape index (κ2) is 21.9. The molecular formula is C24H45ClO4. The van der Waals surface area contributed by atoms with Crippen molar-refractivity contribution in [3.63, 3.8) is 0 Å². The smallest absolute Gasteiger partial charge is 0.247 e. The van der Waals surface area contributed by atoms with Crippen molar-refractivity contribution in [2.24, 2.45) is 0 Å². The Bertz CT molecular complexity index is 387. The standard InChI is InChI=1S/C24H45ClO4/c1-3-5-7-9-11-13-15-17-19-21-23(26)28-29-24(27)22(25)20-18-16-14-12-10-8-6-4-2/h22H,3-21H2,1-2H3. The molecule has 0 heterocycles. The maximum atomic E-state index is 11.8. The zero-order valence-electron chi connectivity index (χ0n) is 19.0. The number of hydrogen-bond donors (Lipinski definition) is 0. The molecule has 0 saturated heterocycles. The van der Waals surface area contributed by atoms with Crippen LogP contribution in [0.5, 0.6) is 0 Å². The van der Waals surface area contributed by atoms with Crippen LogP contribution in [0.25, 0.3) is 0 Å². The lowest BCUT2D eigenvalue weighted by Gasteiger charge is -2.08. The molecule has 0 aromatic rings. The molecular weight excluding hydrogens is 388 g/mol. The third kappa shape index (κ3) is 20.3. The van der Waals surface area contributed by atoms with Crippen LogP contribution in [0.4, 0.5) is 0 Å². The van der Waals surface area contributed by atoms with E-state index >= 15 is 0 Å². The molecule has 0 aliphatic heterocycles. The van der Waals surface area contributed by atoms with Crippen molar-refractivity contribution in [2.75, 3.05) is 0 Å². The summed E-state index contributed by atoms with van der Waals surface area (Å²) in [5, 5.41) is -0.740. The van der Waals surface area contributed by atoms with E-state index in [-0.39, 0.29) is 6.42 Å². The topological polar surface area (TPSA) is 52.6 Å². The highest BCUT2D eigenvalue weighted by molar-refractivity contribution is 6.29. The molecule has 4 nitrogen and oxygen atoms in total. The maximum Gasteiger partial charge on any atom is 0.373 e. The molecule has 1 atom stereocenters. The Kier molecular flexibility index (Phi) is 21.3. The fourth-order valence-electron chi connectivity index (χ4n) is 3.34. The van der Waals surface area contributed by atoms with Crippen molar-refractivity contribution in [2.45, 2.75) is 141 Å². The molecule has 0 spiro atoms. The minimum atomic E-state index is -0.740. The van der Waals surface area contributed by atoms with Crippen molar-refractivity contribution < 1.29 is 19.4 Å². The number of unbranched alkanes of at least 4 members (excludes halogenated alkanes) is 15. The summed E-state index contributed by atoms with van der Waals surface area (Å²) in [7, 11) is 0. The van der Waals surface area contributed by atoms with E-state index in [1.54, 1.807) is 0 Å². The van der Waals surface area contributed by atoms with Crippen LogP contribution >= 0.6 is 11.6 Å². The molecule has 0 fully saturated rings. The van der Waals surface area contributed by atoms with Crippen molar-refractivity contribution in [3.8, 4) is 0 Å². The highest BCUT2D eigenvalue weighted by atomic mass is 35.5. The second-order valence-electron chi connectivity index (χ2n) is 8.17. The predicted octanol–water partition coefficient (Wildman–Crippen LogP) is 8.05. The largest absolute Gasteiger partial charge is 0.373 e. The van der Waals surface area contributed by atoms with E-state index in [1.165, 1.54) is 77.0 Å². The van der Waals surface area contributed by atoms with E-state index in [0.29, 0.717) is 6.42 Å². The van der Waals surface area contributed by atoms with Gasteiger partial charge in [0.1, 0.15) is 5.38 Å². The normalized spacial score (nSPS) is 12.0. The number of carbonyl (C=O) groups excluding carboxylic acids is 2. The predicted molar refractivity (Wildman–Crippen MR) is 121 cm³/mol. The van der Waals surface area contributed by atoms with Gasteiger partial charge in [0.25, 0.3) is 0 Å². The molecule has 5 heteroatoms. The third-order valence-electron chi connectivity index (χ3n) is 5.27. The van der Waals surface area contributed by atoms with E-state index in [0.717, 1.165) is 32.1 Å². The van der Waals surface area contributed by atoms with E-state index in [9.17, 15) is 9.59 Å². The van der Waals surface area contributed by atoms with Crippen LogP contribution in [0.3, 0.4) is 0 Å². The Morgan fingerprint density at radius 1 is 0.621 bits per heavy atom. The molecule has 0 aromatic heterocycles. The Labute approximate surface area is 184 Å². The van der Waals surface area contributed by atoms with Crippen LogP contribution in [0, 0.1) is 0 Å². The van der Waals surface area contributed by atoms with Gasteiger partial charge in [0.15, 0.2) is 0 Å². The van der Waals surface area contributed by atoms with Crippen LogP contribution in [-0.4, -0.2) is 17.3 Å². The van der Waals surface area contributed by atoms with Gasteiger partial charge in [-0.1, -0.05) is 117 Å². The van der Waals surface area contributed by atoms with Crippen molar-refractivity contribution in [3.05, 3.63) is 0 Å². The molecule has 0 radical (unpaired) electrons. The summed E-state index contributed by atoms with van der Waals surface area (Å²) in [4.78, 5) is 32.6. The number of alkyl halides is 1.